The van der Waals surface area contributed by atoms with Crippen LogP contribution in [0.25, 0.3) is 0 Å². The van der Waals surface area contributed by atoms with Gasteiger partial charge in [0.05, 0.1) is 18.5 Å². The van der Waals surface area contributed by atoms with Gasteiger partial charge in [-0.25, -0.2) is 10.3 Å². The van der Waals surface area contributed by atoms with E-state index in [0.717, 1.165) is 4.90 Å². The summed E-state index contributed by atoms with van der Waals surface area (Å²) in [4.78, 5) is 35.4. The second-order valence-electron chi connectivity index (χ2n) is 4.62. The van der Waals surface area contributed by atoms with Gasteiger partial charge >= 0.3 is 5.97 Å². The molecule has 7 heteroatoms. The number of nitrogens with one attached hydrogen (secondary N) is 1. The summed E-state index contributed by atoms with van der Waals surface area (Å²) in [5.74, 6) is -0.0328. The molecule has 0 aliphatic rings. The standard InChI is InChI=1S/C15H16N2O5/c1-3-6-17(9-13(18)16-22)14(19)8-11-5-4-10(2)12(7-11)15(20)21/h1,4-5,7,22H,6,8-9H2,2H3,(H,16,18)(H,20,21). The van der Waals surface area contributed by atoms with E-state index in [2.05, 4.69) is 5.92 Å². The van der Waals surface area contributed by atoms with Gasteiger partial charge < -0.3 is 10.0 Å². The fraction of sp³-hybridized carbons (Fsp3) is 0.267. The molecule has 1 aromatic carbocycles. The predicted molar refractivity (Wildman–Crippen MR) is 77.2 cm³/mol. The number of aryl methyl sites for hydroxylation is 1. The molecule has 1 rings (SSSR count). The molecule has 7 nitrogen and oxygen atoms in total. The first-order chi connectivity index (χ1) is 10.4. The van der Waals surface area contributed by atoms with Crippen LogP contribution in [-0.4, -0.2) is 46.1 Å². The van der Waals surface area contributed by atoms with Crippen LogP contribution in [0.3, 0.4) is 0 Å². The van der Waals surface area contributed by atoms with Gasteiger partial charge in [-0.15, -0.1) is 6.42 Å². The highest BCUT2D eigenvalue weighted by atomic mass is 16.5. The van der Waals surface area contributed by atoms with Crippen molar-refractivity contribution in [3.05, 3.63) is 34.9 Å². The third kappa shape index (κ3) is 4.61. The largest absolute Gasteiger partial charge is 0.478 e. The fourth-order valence-corrected chi connectivity index (χ4v) is 1.85. The first-order valence-electron chi connectivity index (χ1n) is 6.36. The highest BCUT2D eigenvalue weighted by Gasteiger charge is 2.17. The molecule has 0 aliphatic carbocycles. The van der Waals surface area contributed by atoms with Crippen LogP contribution in [0.1, 0.15) is 21.5 Å². The lowest BCUT2D eigenvalue weighted by molar-refractivity contribution is -0.138. The summed E-state index contributed by atoms with van der Waals surface area (Å²) < 4.78 is 0. The molecule has 116 valence electrons. The number of carboxylic acid groups (broad SMARTS) is 1. The molecule has 0 atom stereocenters. The first-order valence-corrected chi connectivity index (χ1v) is 6.36. The lowest BCUT2D eigenvalue weighted by Crippen LogP contribution is -2.40. The Hall–Kier alpha value is -2.85. The normalized spacial score (nSPS) is 9.68. The van der Waals surface area contributed by atoms with Crippen molar-refractivity contribution in [3.63, 3.8) is 0 Å². The minimum Gasteiger partial charge on any atom is -0.478 e. The summed E-state index contributed by atoms with van der Waals surface area (Å²) in [5, 5.41) is 17.6. The Morgan fingerprint density at radius 1 is 1.36 bits per heavy atom. The Bertz CT molecular complexity index is 633. The molecule has 0 aliphatic heterocycles. The quantitative estimate of drug-likeness (QED) is 0.395. The smallest absolute Gasteiger partial charge is 0.335 e. The zero-order chi connectivity index (χ0) is 16.7. The zero-order valence-electron chi connectivity index (χ0n) is 12.0. The van der Waals surface area contributed by atoms with Gasteiger partial charge in [-0.1, -0.05) is 18.1 Å². The molecular weight excluding hydrogens is 288 g/mol. The summed E-state index contributed by atoms with van der Waals surface area (Å²) >= 11 is 0. The average molecular weight is 304 g/mol. The van der Waals surface area contributed by atoms with E-state index in [1.807, 2.05) is 0 Å². The Balaban J connectivity index is 2.89. The number of rotatable bonds is 6. The van der Waals surface area contributed by atoms with Gasteiger partial charge in [0, 0.05) is 0 Å². The molecular formula is C15H16N2O5. The fourth-order valence-electron chi connectivity index (χ4n) is 1.85. The summed E-state index contributed by atoms with van der Waals surface area (Å²) in [5.41, 5.74) is 2.62. The molecule has 0 aromatic heterocycles. The van der Waals surface area contributed by atoms with Gasteiger partial charge in [0.1, 0.15) is 6.54 Å². The van der Waals surface area contributed by atoms with Crippen LogP contribution in [0, 0.1) is 19.3 Å². The van der Waals surface area contributed by atoms with Crippen LogP contribution in [0.4, 0.5) is 0 Å². The van der Waals surface area contributed by atoms with Crippen molar-refractivity contribution in [2.75, 3.05) is 13.1 Å². The third-order valence-electron chi connectivity index (χ3n) is 2.98. The summed E-state index contributed by atoms with van der Waals surface area (Å²) in [6.45, 7) is 1.19. The topological polar surface area (TPSA) is 107 Å². The number of nitrogens with zero attached hydrogens (tertiary/aromatic N) is 1. The number of hydrogen-bond donors (Lipinski definition) is 3. The number of carboxylic acids is 1. The molecule has 0 saturated carbocycles. The number of aromatic carboxylic acids is 1. The van der Waals surface area contributed by atoms with Crippen molar-refractivity contribution in [1.29, 1.82) is 0 Å². The van der Waals surface area contributed by atoms with Gasteiger partial charge in [0.2, 0.25) is 5.91 Å². The highest BCUT2D eigenvalue weighted by molar-refractivity contribution is 5.90. The zero-order valence-corrected chi connectivity index (χ0v) is 12.0. The van der Waals surface area contributed by atoms with Gasteiger partial charge in [0.25, 0.3) is 5.91 Å². The maximum atomic E-state index is 12.1. The van der Waals surface area contributed by atoms with Crippen LogP contribution in [0.2, 0.25) is 0 Å². The molecule has 0 saturated heterocycles. The van der Waals surface area contributed by atoms with Gasteiger partial charge in [-0.2, -0.15) is 0 Å². The van der Waals surface area contributed by atoms with Crippen LogP contribution in [0.15, 0.2) is 18.2 Å². The van der Waals surface area contributed by atoms with Crippen molar-refractivity contribution in [1.82, 2.24) is 10.4 Å². The Morgan fingerprint density at radius 3 is 2.59 bits per heavy atom. The van der Waals surface area contributed by atoms with Crippen LogP contribution >= 0.6 is 0 Å². The summed E-state index contributed by atoms with van der Waals surface area (Å²) in [6, 6.07) is 4.66. The Morgan fingerprint density at radius 2 is 2.05 bits per heavy atom. The lowest BCUT2D eigenvalue weighted by Gasteiger charge is -2.19. The van der Waals surface area contributed by atoms with E-state index in [9.17, 15) is 14.4 Å². The van der Waals surface area contributed by atoms with Crippen molar-refractivity contribution < 1.29 is 24.7 Å². The van der Waals surface area contributed by atoms with E-state index in [-0.39, 0.29) is 25.1 Å². The molecule has 0 fully saturated rings. The monoisotopic (exact) mass is 304 g/mol. The molecule has 0 unspecified atom stereocenters. The van der Waals surface area contributed by atoms with E-state index in [1.54, 1.807) is 19.1 Å². The first kappa shape index (κ1) is 17.2. The second kappa shape index (κ2) is 7.81. The number of amides is 2. The SMILES string of the molecule is C#CCN(CC(=O)NO)C(=O)Cc1ccc(C)c(C(=O)O)c1. The molecule has 0 radical (unpaired) electrons. The maximum absolute atomic E-state index is 12.1. The molecule has 1 aromatic rings. The third-order valence-corrected chi connectivity index (χ3v) is 2.98. The van der Waals surface area contributed by atoms with Crippen molar-refractivity contribution in [3.8, 4) is 12.3 Å². The van der Waals surface area contributed by atoms with Crippen LogP contribution in [-0.2, 0) is 16.0 Å². The van der Waals surface area contributed by atoms with E-state index < -0.39 is 17.8 Å². The van der Waals surface area contributed by atoms with Crippen molar-refractivity contribution >= 4 is 17.8 Å². The highest BCUT2D eigenvalue weighted by Crippen LogP contribution is 2.12. The summed E-state index contributed by atoms with van der Waals surface area (Å²) in [6.07, 6.45) is 5.05. The van der Waals surface area contributed by atoms with Crippen LogP contribution in [0.5, 0.6) is 0 Å². The molecule has 3 N–H and O–H groups in total. The minimum atomic E-state index is -1.08. The molecule has 0 heterocycles. The van der Waals surface area contributed by atoms with Crippen LogP contribution < -0.4 is 5.48 Å². The van der Waals surface area contributed by atoms with Crippen molar-refractivity contribution in [2.24, 2.45) is 0 Å². The Kier molecular flexibility index (Phi) is 6.10. The maximum Gasteiger partial charge on any atom is 0.335 e. The minimum absolute atomic E-state index is 0.0934. The molecule has 2 amide bonds. The number of hydrogen-bond acceptors (Lipinski definition) is 4. The predicted octanol–water partition coefficient (Wildman–Crippen LogP) is 0.203. The van der Waals surface area contributed by atoms with E-state index >= 15 is 0 Å². The average Bonchev–Trinajstić information content (AvgIpc) is 2.48. The molecule has 0 bridgehead atoms. The molecule has 22 heavy (non-hydrogen) atoms. The second-order valence-corrected chi connectivity index (χ2v) is 4.62. The van der Waals surface area contributed by atoms with Gasteiger partial charge in [-0.05, 0) is 24.1 Å². The number of hydroxylamine groups is 1. The lowest BCUT2D eigenvalue weighted by atomic mass is 10.0. The summed E-state index contributed by atoms with van der Waals surface area (Å²) in [7, 11) is 0. The van der Waals surface area contributed by atoms with E-state index in [4.69, 9.17) is 16.7 Å². The number of carbonyl (C=O) groups is 3. The number of benzene rings is 1. The Labute approximate surface area is 127 Å². The van der Waals surface area contributed by atoms with E-state index in [0.29, 0.717) is 11.1 Å². The van der Waals surface area contributed by atoms with Crippen molar-refractivity contribution in [2.45, 2.75) is 13.3 Å². The van der Waals surface area contributed by atoms with Gasteiger partial charge in [0.15, 0.2) is 0 Å². The van der Waals surface area contributed by atoms with E-state index in [1.165, 1.54) is 11.5 Å². The number of carbonyl (C=O) groups excluding carboxylic acids is 2. The number of terminal acetylenes is 1. The van der Waals surface area contributed by atoms with Gasteiger partial charge in [-0.3, -0.25) is 14.8 Å². The molecule has 0 spiro atoms.